The minimum Gasteiger partial charge on any atom is -0.377 e. The van der Waals surface area contributed by atoms with Crippen LogP contribution >= 0.6 is 24.0 Å². The predicted molar refractivity (Wildman–Crippen MR) is 143 cm³/mol. The standard InChI is InChI=1S/C26H19ClF6N4O3.ClH/c1-12-18(27)4-3-5-19(12)36-24(39)16-9-14(10-20-22(16)37-21(35-20)11-40-2)34-23(38)15-8-13(25(28,29)30)6-7-17(15)26(31,32)33;/h3-10H,11H2,1-2H3,(H,34,38)(H,35,37)(H,36,39);1H. The van der Waals surface area contributed by atoms with Crippen molar-refractivity contribution in [3.05, 3.63) is 87.2 Å². The number of rotatable bonds is 6. The second-order valence-corrected chi connectivity index (χ2v) is 9.02. The number of imidazole rings is 1. The molecule has 0 saturated heterocycles. The van der Waals surface area contributed by atoms with Crippen molar-refractivity contribution in [1.29, 1.82) is 0 Å². The van der Waals surface area contributed by atoms with E-state index in [1.54, 1.807) is 25.1 Å². The van der Waals surface area contributed by atoms with E-state index in [9.17, 15) is 35.9 Å². The van der Waals surface area contributed by atoms with E-state index in [1.165, 1.54) is 13.2 Å². The average Bonchev–Trinajstić information content (AvgIpc) is 3.27. The SMILES string of the molecule is COCc1nc2c(C(=O)Nc3cccc(Cl)c3C)cc(NC(=O)c3cc(C(F)(F)F)ccc3C(F)(F)F)cc2[nH]1.Cl. The Morgan fingerprint density at radius 3 is 2.27 bits per heavy atom. The van der Waals surface area contributed by atoms with Gasteiger partial charge >= 0.3 is 12.4 Å². The minimum atomic E-state index is -5.11. The predicted octanol–water partition coefficient (Wildman–Crippen LogP) is 7.64. The number of hydrogen-bond donors (Lipinski definition) is 3. The number of carbonyl (C=O) groups excluding carboxylic acids is 2. The van der Waals surface area contributed by atoms with E-state index >= 15 is 0 Å². The highest BCUT2D eigenvalue weighted by molar-refractivity contribution is 6.31. The number of ether oxygens (including phenoxy) is 1. The Kier molecular flexibility index (Phi) is 9.26. The first-order chi connectivity index (χ1) is 18.7. The fourth-order valence-corrected chi connectivity index (χ4v) is 4.08. The van der Waals surface area contributed by atoms with Crippen LogP contribution < -0.4 is 10.6 Å². The van der Waals surface area contributed by atoms with E-state index in [0.29, 0.717) is 22.1 Å². The van der Waals surface area contributed by atoms with E-state index in [4.69, 9.17) is 16.3 Å². The Balaban J connectivity index is 0.00000462. The van der Waals surface area contributed by atoms with Crippen molar-refractivity contribution < 1.29 is 40.7 Å². The zero-order valence-electron chi connectivity index (χ0n) is 21.1. The summed E-state index contributed by atoms with van der Waals surface area (Å²) in [6.45, 7) is 1.69. The molecule has 4 rings (SSSR count). The van der Waals surface area contributed by atoms with Crippen LogP contribution in [0.2, 0.25) is 5.02 Å². The van der Waals surface area contributed by atoms with Gasteiger partial charge < -0.3 is 20.4 Å². The summed E-state index contributed by atoms with van der Waals surface area (Å²) in [5, 5.41) is 5.23. The van der Waals surface area contributed by atoms with Gasteiger partial charge in [0.1, 0.15) is 17.9 Å². The van der Waals surface area contributed by atoms with Gasteiger partial charge in [-0.2, -0.15) is 26.3 Å². The van der Waals surface area contributed by atoms with Crippen molar-refractivity contribution in [3.8, 4) is 0 Å². The van der Waals surface area contributed by atoms with Gasteiger partial charge in [-0.05, 0) is 55.0 Å². The van der Waals surface area contributed by atoms with E-state index < -0.39 is 40.9 Å². The van der Waals surface area contributed by atoms with Gasteiger partial charge in [0.25, 0.3) is 11.8 Å². The van der Waals surface area contributed by atoms with Crippen LogP contribution in [0.4, 0.5) is 37.7 Å². The van der Waals surface area contributed by atoms with Crippen LogP contribution in [0.15, 0.2) is 48.5 Å². The second kappa shape index (κ2) is 12.0. The van der Waals surface area contributed by atoms with Crippen LogP contribution in [-0.4, -0.2) is 28.9 Å². The quantitative estimate of drug-likeness (QED) is 0.193. The molecule has 218 valence electrons. The number of H-pyrrole nitrogens is 1. The fourth-order valence-electron chi connectivity index (χ4n) is 3.91. The molecule has 3 N–H and O–H groups in total. The zero-order chi connectivity index (χ0) is 29.4. The molecule has 15 heteroatoms. The summed E-state index contributed by atoms with van der Waals surface area (Å²) in [7, 11) is 1.40. The molecule has 0 unspecified atom stereocenters. The Morgan fingerprint density at radius 1 is 0.951 bits per heavy atom. The zero-order valence-corrected chi connectivity index (χ0v) is 22.6. The Morgan fingerprint density at radius 2 is 1.63 bits per heavy atom. The Labute approximate surface area is 239 Å². The monoisotopic (exact) mass is 620 g/mol. The number of aromatic amines is 1. The summed E-state index contributed by atoms with van der Waals surface area (Å²) in [4.78, 5) is 33.4. The minimum absolute atomic E-state index is 0. The maximum absolute atomic E-state index is 13.5. The van der Waals surface area contributed by atoms with Crippen molar-refractivity contribution in [3.63, 3.8) is 0 Å². The Bertz CT molecular complexity index is 1620. The lowest BCUT2D eigenvalue weighted by atomic mass is 10.0. The van der Waals surface area contributed by atoms with Crippen LogP contribution in [0, 0.1) is 6.92 Å². The molecule has 1 aromatic heterocycles. The number of carbonyl (C=O) groups is 2. The number of amides is 2. The topological polar surface area (TPSA) is 96.1 Å². The number of nitrogens with one attached hydrogen (secondary N) is 3. The molecule has 0 bridgehead atoms. The maximum atomic E-state index is 13.5. The molecular formula is C26H20Cl2F6N4O3. The number of nitrogens with zero attached hydrogens (tertiary/aromatic N) is 1. The van der Waals surface area contributed by atoms with Crippen LogP contribution in [0.1, 0.15) is 43.2 Å². The number of fused-ring (bicyclic) bond motifs is 1. The molecule has 1 heterocycles. The maximum Gasteiger partial charge on any atom is 0.417 e. The van der Waals surface area contributed by atoms with Gasteiger partial charge in [-0.15, -0.1) is 12.4 Å². The van der Waals surface area contributed by atoms with Gasteiger partial charge in [0.05, 0.1) is 27.8 Å². The summed E-state index contributed by atoms with van der Waals surface area (Å²) in [5.74, 6) is -1.87. The summed E-state index contributed by atoms with van der Waals surface area (Å²) < 4.78 is 85.3. The van der Waals surface area contributed by atoms with E-state index in [2.05, 4.69) is 20.6 Å². The third-order valence-electron chi connectivity index (χ3n) is 5.83. The lowest BCUT2D eigenvalue weighted by molar-refractivity contribution is -0.141. The highest BCUT2D eigenvalue weighted by Crippen LogP contribution is 2.37. The molecule has 0 radical (unpaired) electrons. The number of halogens is 8. The summed E-state index contributed by atoms with van der Waals surface area (Å²) in [6.07, 6.45) is -10.1. The van der Waals surface area contributed by atoms with Crippen LogP contribution in [0.5, 0.6) is 0 Å². The number of aromatic nitrogens is 2. The third-order valence-corrected chi connectivity index (χ3v) is 6.24. The van der Waals surface area contributed by atoms with E-state index in [0.717, 1.165) is 6.07 Å². The molecule has 0 aliphatic carbocycles. The van der Waals surface area contributed by atoms with Crippen LogP contribution in [-0.2, 0) is 23.7 Å². The molecular weight excluding hydrogens is 601 g/mol. The number of hydrogen-bond acceptors (Lipinski definition) is 4. The van der Waals surface area contributed by atoms with Gasteiger partial charge in [0, 0.05) is 23.5 Å². The lowest BCUT2D eigenvalue weighted by Gasteiger charge is -2.16. The largest absolute Gasteiger partial charge is 0.417 e. The fraction of sp³-hybridized carbons (Fsp3) is 0.192. The smallest absolute Gasteiger partial charge is 0.377 e. The number of benzene rings is 3. The van der Waals surface area contributed by atoms with Gasteiger partial charge in [0.15, 0.2) is 0 Å². The molecule has 0 fully saturated rings. The highest BCUT2D eigenvalue weighted by atomic mass is 35.5. The molecule has 4 aromatic rings. The van der Waals surface area contributed by atoms with Crippen molar-refractivity contribution in [1.82, 2.24) is 9.97 Å². The number of alkyl halides is 6. The van der Waals surface area contributed by atoms with E-state index in [-0.39, 0.29) is 59.5 Å². The molecule has 0 atom stereocenters. The molecule has 0 aliphatic rings. The van der Waals surface area contributed by atoms with E-state index in [1.807, 2.05) is 0 Å². The van der Waals surface area contributed by atoms with Crippen LogP contribution in [0.25, 0.3) is 11.0 Å². The van der Waals surface area contributed by atoms with Gasteiger partial charge in [-0.25, -0.2) is 4.98 Å². The van der Waals surface area contributed by atoms with Gasteiger partial charge in [-0.3, -0.25) is 9.59 Å². The first kappa shape index (κ1) is 31.7. The highest BCUT2D eigenvalue weighted by Gasteiger charge is 2.38. The molecule has 41 heavy (non-hydrogen) atoms. The molecule has 7 nitrogen and oxygen atoms in total. The van der Waals surface area contributed by atoms with Crippen LogP contribution in [0.3, 0.4) is 0 Å². The van der Waals surface area contributed by atoms with Crippen molar-refractivity contribution >= 4 is 58.2 Å². The molecule has 0 saturated carbocycles. The van der Waals surface area contributed by atoms with Gasteiger partial charge in [-0.1, -0.05) is 17.7 Å². The third kappa shape index (κ3) is 6.92. The number of methoxy groups -OCH3 is 1. The first-order valence-corrected chi connectivity index (χ1v) is 11.7. The summed E-state index contributed by atoms with van der Waals surface area (Å²) in [6, 6.07) is 7.81. The van der Waals surface area contributed by atoms with Crippen molar-refractivity contribution in [2.45, 2.75) is 25.9 Å². The lowest BCUT2D eigenvalue weighted by Crippen LogP contribution is -2.21. The number of anilines is 2. The molecule has 0 aliphatic heterocycles. The molecule has 0 spiro atoms. The first-order valence-electron chi connectivity index (χ1n) is 11.4. The van der Waals surface area contributed by atoms with Crippen molar-refractivity contribution in [2.24, 2.45) is 0 Å². The summed E-state index contributed by atoms with van der Waals surface area (Å²) >= 11 is 6.12. The van der Waals surface area contributed by atoms with Crippen molar-refractivity contribution in [2.75, 3.05) is 17.7 Å². The van der Waals surface area contributed by atoms with Gasteiger partial charge in [0.2, 0.25) is 0 Å². The average molecular weight is 621 g/mol. The molecule has 3 aromatic carbocycles. The Hall–Kier alpha value is -3.81. The second-order valence-electron chi connectivity index (χ2n) is 8.61. The normalized spacial score (nSPS) is 11.7. The molecule has 2 amide bonds. The summed E-state index contributed by atoms with van der Waals surface area (Å²) in [5.41, 5.74) is -3.22.